The molecule has 5 rings (SSSR count). The average molecular weight is 575 g/mol. The quantitative estimate of drug-likeness (QED) is 0.317. The van der Waals surface area contributed by atoms with Gasteiger partial charge in [-0.3, -0.25) is 15.4 Å². The van der Waals surface area contributed by atoms with E-state index >= 15 is 0 Å². The van der Waals surface area contributed by atoms with Gasteiger partial charge in [0.1, 0.15) is 11.4 Å². The van der Waals surface area contributed by atoms with Crippen molar-refractivity contribution in [1.82, 2.24) is 25.4 Å². The van der Waals surface area contributed by atoms with Crippen molar-refractivity contribution in [3.05, 3.63) is 59.4 Å². The van der Waals surface area contributed by atoms with Crippen LogP contribution in [0.4, 0.5) is 9.93 Å². The molecule has 1 aliphatic rings. The van der Waals surface area contributed by atoms with Crippen molar-refractivity contribution < 1.29 is 22.7 Å². The van der Waals surface area contributed by atoms with Crippen molar-refractivity contribution in [1.29, 1.82) is 0 Å². The lowest BCUT2D eigenvalue weighted by Crippen LogP contribution is -2.35. The number of methoxy groups -OCH3 is 1. The Hall–Kier alpha value is -3.52. The fourth-order valence-electron chi connectivity index (χ4n) is 4.20. The zero-order valence-electron chi connectivity index (χ0n) is 20.1. The number of imide groups is 1. The molecule has 0 bridgehead atoms. The van der Waals surface area contributed by atoms with Gasteiger partial charge < -0.3 is 10.1 Å². The van der Waals surface area contributed by atoms with Crippen LogP contribution in [0.3, 0.4) is 0 Å². The predicted octanol–water partition coefficient (Wildman–Crippen LogP) is 3.63. The third-order valence-corrected chi connectivity index (χ3v) is 9.63. The fraction of sp³-hybridized carbons (Fsp3) is 0.250. The normalized spacial score (nSPS) is 14.4. The summed E-state index contributed by atoms with van der Waals surface area (Å²) in [7, 11) is -2.01. The van der Waals surface area contributed by atoms with Crippen LogP contribution in [0.5, 0.6) is 5.75 Å². The number of hydrogen-bond acceptors (Lipinski definition) is 9. The number of ether oxygens (including phenoxy) is 1. The minimum absolute atomic E-state index is 0.0465. The van der Waals surface area contributed by atoms with E-state index in [1.54, 1.807) is 30.6 Å². The molecule has 14 heteroatoms. The highest BCUT2D eigenvalue weighted by atomic mass is 35.5. The number of carbonyl (C=O) groups is 2. The van der Waals surface area contributed by atoms with Crippen LogP contribution in [-0.4, -0.2) is 60.6 Å². The first-order valence-electron chi connectivity index (χ1n) is 11.6. The number of amides is 3. The molecule has 38 heavy (non-hydrogen) atoms. The fourth-order valence-corrected chi connectivity index (χ4v) is 7.20. The number of carbonyl (C=O) groups excluding carboxylic acids is 2. The summed E-state index contributed by atoms with van der Waals surface area (Å²) in [6, 6.07) is 8.56. The second kappa shape index (κ2) is 10.7. The molecule has 11 nitrogen and oxygen atoms in total. The Bertz CT molecular complexity index is 1610. The summed E-state index contributed by atoms with van der Waals surface area (Å²) in [5.41, 5.74) is 1.04. The van der Waals surface area contributed by atoms with Gasteiger partial charge >= 0.3 is 6.03 Å². The van der Waals surface area contributed by atoms with Gasteiger partial charge in [-0.15, -0.1) is 0 Å². The summed E-state index contributed by atoms with van der Waals surface area (Å²) >= 11 is 7.38. The van der Waals surface area contributed by atoms with E-state index in [9.17, 15) is 18.0 Å². The summed E-state index contributed by atoms with van der Waals surface area (Å²) in [6.07, 6.45) is 4.37. The Labute approximate surface area is 227 Å². The highest BCUT2D eigenvalue weighted by molar-refractivity contribution is 7.92. The van der Waals surface area contributed by atoms with Gasteiger partial charge in [0.15, 0.2) is 15.0 Å². The summed E-state index contributed by atoms with van der Waals surface area (Å²) in [6.45, 7) is 1.34. The van der Waals surface area contributed by atoms with Crippen LogP contribution >= 0.6 is 22.9 Å². The maximum Gasteiger partial charge on any atom is 0.327 e. The summed E-state index contributed by atoms with van der Waals surface area (Å²) in [4.78, 5) is 30.0. The summed E-state index contributed by atoms with van der Waals surface area (Å²) < 4.78 is 33.5. The summed E-state index contributed by atoms with van der Waals surface area (Å²) in [5, 5.41) is 12.0. The van der Waals surface area contributed by atoms with Gasteiger partial charge in [-0.2, -0.15) is 5.10 Å². The lowest BCUT2D eigenvalue weighted by atomic mass is 10.1. The Kier molecular flexibility index (Phi) is 7.34. The van der Waals surface area contributed by atoms with E-state index in [2.05, 4.69) is 26.0 Å². The topological polar surface area (TPSA) is 144 Å². The van der Waals surface area contributed by atoms with Gasteiger partial charge in [0.25, 0.3) is 5.91 Å². The van der Waals surface area contributed by atoms with E-state index in [-0.39, 0.29) is 20.6 Å². The maximum atomic E-state index is 13.1. The zero-order valence-corrected chi connectivity index (χ0v) is 22.5. The number of urea groups is 1. The van der Waals surface area contributed by atoms with E-state index in [0.717, 1.165) is 11.3 Å². The Morgan fingerprint density at radius 3 is 2.71 bits per heavy atom. The third-order valence-electron chi connectivity index (χ3n) is 6.13. The van der Waals surface area contributed by atoms with Crippen LogP contribution < -0.4 is 20.7 Å². The molecular weight excluding hydrogens is 552 g/mol. The van der Waals surface area contributed by atoms with Gasteiger partial charge in [-0.1, -0.05) is 22.9 Å². The van der Waals surface area contributed by atoms with E-state index in [0.29, 0.717) is 47.6 Å². The van der Waals surface area contributed by atoms with Gasteiger partial charge in [0.05, 0.1) is 38.1 Å². The van der Waals surface area contributed by atoms with Crippen LogP contribution in [0.25, 0.3) is 15.9 Å². The van der Waals surface area contributed by atoms with Gasteiger partial charge in [0.2, 0.25) is 0 Å². The van der Waals surface area contributed by atoms with E-state index < -0.39 is 27.0 Å². The summed E-state index contributed by atoms with van der Waals surface area (Å²) in [5.74, 6) is -0.337. The van der Waals surface area contributed by atoms with Crippen molar-refractivity contribution in [2.45, 2.75) is 23.0 Å². The molecule has 0 unspecified atom stereocenters. The van der Waals surface area contributed by atoms with Crippen LogP contribution in [-0.2, 0) is 9.84 Å². The number of nitrogens with one attached hydrogen (secondary N) is 3. The molecule has 1 saturated heterocycles. The molecule has 0 spiro atoms. The van der Waals surface area contributed by atoms with Gasteiger partial charge in [-0.25, -0.2) is 22.9 Å². The molecule has 2 aromatic heterocycles. The average Bonchev–Trinajstić information content (AvgIpc) is 3.58. The number of hydrogen-bond donors (Lipinski definition) is 3. The van der Waals surface area contributed by atoms with Crippen LogP contribution in [0.2, 0.25) is 5.02 Å². The van der Waals surface area contributed by atoms with Crippen LogP contribution in [0, 0.1) is 0 Å². The Morgan fingerprint density at radius 1 is 1.21 bits per heavy atom. The Balaban J connectivity index is 1.31. The monoisotopic (exact) mass is 574 g/mol. The second-order valence-electron chi connectivity index (χ2n) is 8.51. The highest BCUT2D eigenvalue weighted by Gasteiger charge is 2.29. The van der Waals surface area contributed by atoms with Crippen molar-refractivity contribution in [3.8, 4) is 11.4 Å². The number of nitrogens with zero attached hydrogens (tertiary/aromatic N) is 3. The molecule has 3 N–H and O–H groups in total. The zero-order chi connectivity index (χ0) is 26.9. The number of benzene rings is 2. The first kappa shape index (κ1) is 26.1. The molecule has 1 aliphatic heterocycles. The number of fused-ring (bicyclic) bond motifs is 1. The van der Waals surface area contributed by atoms with Crippen LogP contribution in [0.1, 0.15) is 23.2 Å². The molecule has 4 aromatic rings. The Morgan fingerprint density at radius 2 is 2.00 bits per heavy atom. The molecule has 0 saturated carbocycles. The molecule has 2 aromatic carbocycles. The molecule has 0 aliphatic carbocycles. The molecule has 3 amide bonds. The largest absolute Gasteiger partial charge is 0.494 e. The first-order chi connectivity index (χ1) is 18.3. The number of piperidine rings is 1. The van der Waals surface area contributed by atoms with Crippen LogP contribution in [0.15, 0.2) is 53.7 Å². The maximum absolute atomic E-state index is 13.1. The number of thiazole rings is 1. The first-order valence-corrected chi connectivity index (χ1v) is 14.4. The number of anilines is 1. The number of rotatable bonds is 6. The third kappa shape index (κ3) is 5.23. The van der Waals surface area contributed by atoms with Crippen molar-refractivity contribution >= 4 is 60.1 Å². The predicted molar refractivity (Wildman–Crippen MR) is 144 cm³/mol. The van der Waals surface area contributed by atoms with E-state index in [4.69, 9.17) is 16.3 Å². The molecule has 0 atom stereocenters. The number of halogens is 1. The lowest BCUT2D eigenvalue weighted by Gasteiger charge is -2.22. The number of aromatic nitrogens is 3. The number of sulfone groups is 1. The molecule has 0 radical (unpaired) electrons. The van der Waals surface area contributed by atoms with E-state index in [1.165, 1.54) is 30.0 Å². The molecule has 198 valence electrons. The van der Waals surface area contributed by atoms with Crippen molar-refractivity contribution in [3.63, 3.8) is 0 Å². The van der Waals surface area contributed by atoms with Crippen molar-refractivity contribution in [2.75, 3.05) is 25.5 Å². The molecule has 3 heterocycles. The minimum atomic E-state index is -3.48. The SMILES string of the molecule is COc1cc(Cl)c(C(=O)NC(=O)Nc2nc3ccc(S(=O)(=O)C4CCNCC4)cc3s2)cc1-n1cccn1. The van der Waals surface area contributed by atoms with Gasteiger partial charge in [0, 0.05) is 18.5 Å². The van der Waals surface area contributed by atoms with Crippen molar-refractivity contribution in [2.24, 2.45) is 0 Å². The van der Waals surface area contributed by atoms with Gasteiger partial charge in [-0.05, 0) is 56.3 Å². The molecule has 1 fully saturated rings. The smallest absolute Gasteiger partial charge is 0.327 e. The second-order valence-corrected chi connectivity index (χ2v) is 12.2. The highest BCUT2D eigenvalue weighted by Crippen LogP contribution is 2.32. The lowest BCUT2D eigenvalue weighted by molar-refractivity contribution is 0.0967. The minimum Gasteiger partial charge on any atom is -0.494 e. The standard InChI is InChI=1S/C24H23ClN6O5S2/c1-36-20-13-17(25)16(12-19(20)31-10-2-7-27-31)22(32)29-23(33)30-24-28-18-4-3-15(11-21(18)37-24)38(34,35)14-5-8-26-9-6-14/h2-4,7,10-14,26H,5-6,8-9H2,1H3,(H2,28,29,30,32,33). The molecular formula is C24H23ClN6O5S2. The van der Waals surface area contributed by atoms with E-state index in [1.807, 2.05) is 0 Å².